The minimum Gasteiger partial charge on any atom is -0.494 e. The molecule has 2 N–H and O–H groups in total. The highest BCUT2D eigenvalue weighted by Crippen LogP contribution is 2.15. The van der Waals surface area contributed by atoms with Gasteiger partial charge in [-0.25, -0.2) is 0 Å². The van der Waals surface area contributed by atoms with Crippen LogP contribution in [-0.2, 0) is 13.1 Å². The van der Waals surface area contributed by atoms with Crippen LogP contribution in [0.1, 0.15) is 18.1 Å². The maximum absolute atomic E-state index is 5.52. The van der Waals surface area contributed by atoms with Crippen LogP contribution >= 0.6 is 0 Å². The van der Waals surface area contributed by atoms with E-state index in [1.165, 1.54) is 22.0 Å². The van der Waals surface area contributed by atoms with Gasteiger partial charge in [0, 0.05) is 24.8 Å². The van der Waals surface area contributed by atoms with Crippen molar-refractivity contribution in [1.29, 1.82) is 0 Å². The first-order valence-corrected chi connectivity index (χ1v) is 7.33. The third-order valence-electron chi connectivity index (χ3n) is 3.49. The third kappa shape index (κ3) is 3.44. The fourth-order valence-electron chi connectivity index (χ4n) is 2.47. The molecule has 1 aromatic heterocycles. The molecule has 1 heterocycles. The van der Waals surface area contributed by atoms with Crippen LogP contribution in [-0.4, -0.2) is 11.6 Å². The van der Waals surface area contributed by atoms with Gasteiger partial charge in [-0.1, -0.05) is 24.3 Å². The summed E-state index contributed by atoms with van der Waals surface area (Å²) in [6, 6.07) is 16.8. The molecular weight excluding hydrogens is 260 g/mol. The van der Waals surface area contributed by atoms with Crippen LogP contribution in [0.2, 0.25) is 0 Å². The van der Waals surface area contributed by atoms with E-state index in [4.69, 9.17) is 4.74 Å². The number of nitrogens with one attached hydrogen (secondary N) is 2. The molecule has 21 heavy (non-hydrogen) atoms. The lowest BCUT2D eigenvalue weighted by atomic mass is 10.1. The van der Waals surface area contributed by atoms with E-state index in [1.807, 2.05) is 25.3 Å². The molecule has 0 aliphatic rings. The van der Waals surface area contributed by atoms with Gasteiger partial charge >= 0.3 is 0 Å². The van der Waals surface area contributed by atoms with Crippen molar-refractivity contribution in [2.45, 2.75) is 20.0 Å². The second kappa shape index (κ2) is 6.46. The highest BCUT2D eigenvalue weighted by atomic mass is 16.5. The van der Waals surface area contributed by atoms with Gasteiger partial charge in [0.2, 0.25) is 0 Å². The van der Waals surface area contributed by atoms with E-state index < -0.39 is 0 Å². The van der Waals surface area contributed by atoms with E-state index >= 15 is 0 Å². The quantitative estimate of drug-likeness (QED) is 0.719. The molecule has 2 aromatic carbocycles. The molecule has 0 spiro atoms. The van der Waals surface area contributed by atoms with Gasteiger partial charge in [0.1, 0.15) is 5.75 Å². The number of hydrogen-bond acceptors (Lipinski definition) is 2. The van der Waals surface area contributed by atoms with Crippen molar-refractivity contribution in [3.05, 3.63) is 65.9 Å². The second-order valence-electron chi connectivity index (χ2n) is 5.08. The summed E-state index contributed by atoms with van der Waals surface area (Å²) in [6.07, 6.45) is 1.97. The van der Waals surface area contributed by atoms with Gasteiger partial charge in [-0.2, -0.15) is 0 Å². The molecule has 3 rings (SSSR count). The zero-order valence-corrected chi connectivity index (χ0v) is 12.2. The van der Waals surface area contributed by atoms with Gasteiger partial charge in [0.25, 0.3) is 0 Å². The SMILES string of the molecule is CCOc1cccc(CNCc2ccc3cc[nH]c3c2)c1. The van der Waals surface area contributed by atoms with Crippen LogP contribution in [0.15, 0.2) is 54.7 Å². The summed E-state index contributed by atoms with van der Waals surface area (Å²) in [5.41, 5.74) is 3.71. The third-order valence-corrected chi connectivity index (χ3v) is 3.49. The van der Waals surface area contributed by atoms with Gasteiger partial charge < -0.3 is 15.0 Å². The van der Waals surface area contributed by atoms with Gasteiger partial charge in [0.15, 0.2) is 0 Å². The van der Waals surface area contributed by atoms with Crippen molar-refractivity contribution in [2.24, 2.45) is 0 Å². The molecule has 3 nitrogen and oxygen atoms in total. The van der Waals surface area contributed by atoms with Crippen molar-refractivity contribution in [3.63, 3.8) is 0 Å². The molecule has 108 valence electrons. The zero-order chi connectivity index (χ0) is 14.5. The smallest absolute Gasteiger partial charge is 0.119 e. The predicted molar refractivity (Wildman–Crippen MR) is 86.5 cm³/mol. The molecule has 0 aliphatic carbocycles. The summed E-state index contributed by atoms with van der Waals surface area (Å²) in [6.45, 7) is 4.40. The normalized spacial score (nSPS) is 10.9. The second-order valence-corrected chi connectivity index (χ2v) is 5.08. The molecule has 3 aromatic rings. The molecule has 0 saturated carbocycles. The van der Waals surface area contributed by atoms with Crippen LogP contribution in [0.25, 0.3) is 10.9 Å². The molecule has 0 unspecified atom stereocenters. The van der Waals surface area contributed by atoms with Crippen molar-refractivity contribution in [3.8, 4) is 5.75 Å². The fourth-order valence-corrected chi connectivity index (χ4v) is 2.47. The first kappa shape index (κ1) is 13.7. The molecule has 0 saturated heterocycles. The Balaban J connectivity index is 1.58. The number of aromatic amines is 1. The number of aromatic nitrogens is 1. The monoisotopic (exact) mass is 280 g/mol. The number of benzene rings is 2. The summed E-state index contributed by atoms with van der Waals surface area (Å²) in [7, 11) is 0. The average molecular weight is 280 g/mol. The minimum absolute atomic E-state index is 0.701. The van der Waals surface area contributed by atoms with Crippen LogP contribution in [0.4, 0.5) is 0 Å². The Morgan fingerprint density at radius 3 is 2.71 bits per heavy atom. The number of ether oxygens (including phenoxy) is 1. The largest absolute Gasteiger partial charge is 0.494 e. The van der Waals surface area contributed by atoms with Crippen molar-refractivity contribution < 1.29 is 4.74 Å². The number of H-pyrrole nitrogens is 1. The lowest BCUT2D eigenvalue weighted by Gasteiger charge is -2.08. The van der Waals surface area contributed by atoms with E-state index in [0.29, 0.717) is 6.61 Å². The molecule has 0 fully saturated rings. The van der Waals surface area contributed by atoms with Crippen molar-refractivity contribution in [1.82, 2.24) is 10.3 Å². The lowest BCUT2D eigenvalue weighted by molar-refractivity contribution is 0.340. The van der Waals surface area contributed by atoms with Gasteiger partial charge in [0.05, 0.1) is 6.61 Å². The Morgan fingerprint density at radius 2 is 1.86 bits per heavy atom. The Hall–Kier alpha value is -2.26. The highest BCUT2D eigenvalue weighted by molar-refractivity contribution is 5.79. The van der Waals surface area contributed by atoms with Crippen LogP contribution in [0.5, 0.6) is 5.75 Å². The predicted octanol–water partition coefficient (Wildman–Crippen LogP) is 3.86. The van der Waals surface area contributed by atoms with E-state index in [-0.39, 0.29) is 0 Å². The molecule has 0 atom stereocenters. The molecule has 0 aliphatic heterocycles. The Kier molecular flexibility index (Phi) is 4.22. The topological polar surface area (TPSA) is 37.0 Å². The Labute approximate surface area is 125 Å². The van der Waals surface area contributed by atoms with Crippen molar-refractivity contribution in [2.75, 3.05) is 6.61 Å². The first-order chi connectivity index (χ1) is 10.3. The van der Waals surface area contributed by atoms with Crippen molar-refractivity contribution >= 4 is 10.9 Å². The summed E-state index contributed by atoms with van der Waals surface area (Å²) in [4.78, 5) is 3.25. The number of fused-ring (bicyclic) bond motifs is 1. The maximum atomic E-state index is 5.52. The van der Waals surface area contributed by atoms with Gasteiger partial charge in [-0.3, -0.25) is 0 Å². The minimum atomic E-state index is 0.701. The molecule has 0 bridgehead atoms. The fraction of sp³-hybridized carbons (Fsp3) is 0.222. The highest BCUT2D eigenvalue weighted by Gasteiger charge is 1.99. The zero-order valence-electron chi connectivity index (χ0n) is 12.2. The van der Waals surface area contributed by atoms with Crippen LogP contribution in [0, 0.1) is 0 Å². The summed E-state index contributed by atoms with van der Waals surface area (Å²) >= 11 is 0. The standard InChI is InChI=1S/C18H20N2O/c1-2-21-17-5-3-4-14(10-17)12-19-13-15-6-7-16-8-9-20-18(16)11-15/h3-11,19-20H,2,12-13H2,1H3. The Morgan fingerprint density at radius 1 is 1.00 bits per heavy atom. The van der Waals surface area contributed by atoms with Gasteiger partial charge in [-0.05, 0) is 47.7 Å². The van der Waals surface area contributed by atoms with Crippen LogP contribution < -0.4 is 10.1 Å². The first-order valence-electron chi connectivity index (χ1n) is 7.33. The average Bonchev–Trinajstić information content (AvgIpc) is 2.96. The molecule has 0 amide bonds. The number of hydrogen-bond donors (Lipinski definition) is 2. The van der Waals surface area contributed by atoms with E-state index in [9.17, 15) is 0 Å². The summed E-state index contributed by atoms with van der Waals surface area (Å²) in [5.74, 6) is 0.935. The van der Waals surface area contributed by atoms with E-state index in [0.717, 1.165) is 18.8 Å². The molecular formula is C18H20N2O. The maximum Gasteiger partial charge on any atom is 0.119 e. The summed E-state index contributed by atoms with van der Waals surface area (Å²) in [5, 5.41) is 4.73. The lowest BCUT2D eigenvalue weighted by Crippen LogP contribution is -2.12. The molecule has 0 radical (unpaired) electrons. The van der Waals surface area contributed by atoms with Gasteiger partial charge in [-0.15, -0.1) is 0 Å². The molecule has 3 heteroatoms. The van der Waals surface area contributed by atoms with E-state index in [2.05, 4.69) is 46.7 Å². The Bertz CT molecular complexity index is 718. The number of rotatable bonds is 6. The van der Waals surface area contributed by atoms with Crippen LogP contribution in [0.3, 0.4) is 0 Å². The van der Waals surface area contributed by atoms with E-state index in [1.54, 1.807) is 0 Å². The summed E-state index contributed by atoms with van der Waals surface area (Å²) < 4.78 is 5.52.